The van der Waals surface area contributed by atoms with Crippen molar-refractivity contribution in [1.82, 2.24) is 24.3 Å². The summed E-state index contributed by atoms with van der Waals surface area (Å²) in [6.07, 6.45) is 12.4. The van der Waals surface area contributed by atoms with E-state index in [1.807, 2.05) is 12.1 Å². The fraction of sp³-hybridized carbons (Fsp3) is 0.409. The summed E-state index contributed by atoms with van der Waals surface area (Å²) in [5, 5.41) is 7.95. The molecule has 0 aliphatic heterocycles. The van der Waals surface area contributed by atoms with Crippen molar-refractivity contribution in [3.05, 3.63) is 69.8 Å². The molecule has 1 N–H and O–H groups in total. The average Bonchev–Trinajstić information content (AvgIpc) is 3.62. The zero-order valence-corrected chi connectivity index (χ0v) is 16.6. The van der Waals surface area contributed by atoms with Crippen LogP contribution < -0.4 is 16.4 Å². The molecule has 2 saturated carbocycles. The molecule has 3 heterocycles. The van der Waals surface area contributed by atoms with Crippen molar-refractivity contribution in [2.45, 2.75) is 56.7 Å². The molecule has 0 bridgehead atoms. The van der Waals surface area contributed by atoms with Crippen molar-refractivity contribution < 1.29 is 0 Å². The lowest BCUT2D eigenvalue weighted by Gasteiger charge is -2.29. The van der Waals surface area contributed by atoms with Gasteiger partial charge in [-0.15, -0.1) is 0 Å². The molecule has 30 heavy (non-hydrogen) atoms. The van der Waals surface area contributed by atoms with Crippen LogP contribution in [0, 0.1) is 0 Å². The Labute approximate surface area is 173 Å². The number of rotatable bonds is 5. The van der Waals surface area contributed by atoms with Gasteiger partial charge in [-0.05, 0) is 56.7 Å². The van der Waals surface area contributed by atoms with Crippen LogP contribution in [0.4, 0.5) is 5.82 Å². The van der Waals surface area contributed by atoms with Crippen LogP contribution in [0.2, 0.25) is 0 Å². The minimum atomic E-state index is -0.0822. The highest BCUT2D eigenvalue weighted by Crippen LogP contribution is 2.33. The Balaban J connectivity index is 1.28. The Kier molecular flexibility index (Phi) is 4.90. The maximum atomic E-state index is 12.6. The normalized spacial score (nSPS) is 21.3. The molecular formula is C22H24N6O2. The summed E-state index contributed by atoms with van der Waals surface area (Å²) in [5.41, 5.74) is 1.59. The number of pyridine rings is 1. The van der Waals surface area contributed by atoms with Gasteiger partial charge in [-0.1, -0.05) is 0 Å². The first-order valence-electron chi connectivity index (χ1n) is 10.5. The third kappa shape index (κ3) is 3.77. The molecule has 0 atom stereocenters. The predicted octanol–water partition coefficient (Wildman–Crippen LogP) is 2.79. The van der Waals surface area contributed by atoms with Gasteiger partial charge in [0.25, 0.3) is 11.1 Å². The number of nitrogens with zero attached hydrogens (tertiary/aromatic N) is 5. The smallest absolute Gasteiger partial charge is 0.293 e. The summed E-state index contributed by atoms with van der Waals surface area (Å²) in [7, 11) is 0. The molecule has 3 aromatic rings. The topological polar surface area (TPSA) is 94.7 Å². The molecule has 0 radical (unpaired) electrons. The molecule has 8 heteroatoms. The second-order valence-corrected chi connectivity index (χ2v) is 8.11. The molecule has 0 amide bonds. The van der Waals surface area contributed by atoms with E-state index in [4.69, 9.17) is 0 Å². The predicted molar refractivity (Wildman–Crippen MR) is 113 cm³/mol. The van der Waals surface area contributed by atoms with E-state index in [1.54, 1.807) is 46.2 Å². The third-order valence-electron chi connectivity index (χ3n) is 5.99. The number of hydrogen-bond acceptors (Lipinski definition) is 6. The molecule has 0 aromatic carbocycles. The molecule has 2 fully saturated rings. The fourth-order valence-electron chi connectivity index (χ4n) is 4.19. The van der Waals surface area contributed by atoms with Gasteiger partial charge in [-0.25, -0.2) is 9.67 Å². The number of nitrogens with one attached hydrogen (secondary N) is 1. The van der Waals surface area contributed by atoms with Gasteiger partial charge in [-0.3, -0.25) is 14.6 Å². The van der Waals surface area contributed by atoms with Crippen molar-refractivity contribution in [3.8, 4) is 11.3 Å². The van der Waals surface area contributed by atoms with Crippen molar-refractivity contribution >= 4 is 5.82 Å². The van der Waals surface area contributed by atoms with Gasteiger partial charge in [0.15, 0.2) is 5.82 Å². The van der Waals surface area contributed by atoms with Crippen molar-refractivity contribution in [3.63, 3.8) is 0 Å². The van der Waals surface area contributed by atoms with Gasteiger partial charge < -0.3 is 9.88 Å². The highest BCUT2D eigenvalue weighted by Gasteiger charge is 2.27. The highest BCUT2D eigenvalue weighted by atomic mass is 16.1. The summed E-state index contributed by atoms with van der Waals surface area (Å²) in [4.78, 5) is 33.3. The fourth-order valence-corrected chi connectivity index (χ4v) is 4.19. The molecule has 2 aliphatic carbocycles. The van der Waals surface area contributed by atoms with E-state index in [2.05, 4.69) is 20.4 Å². The van der Waals surface area contributed by atoms with E-state index in [0.717, 1.165) is 49.8 Å². The van der Waals surface area contributed by atoms with Crippen LogP contribution in [-0.4, -0.2) is 30.4 Å². The van der Waals surface area contributed by atoms with Crippen LogP contribution in [0.25, 0.3) is 11.3 Å². The lowest BCUT2D eigenvalue weighted by Crippen LogP contribution is -2.35. The van der Waals surface area contributed by atoms with E-state index in [9.17, 15) is 9.59 Å². The van der Waals surface area contributed by atoms with Gasteiger partial charge in [-0.2, -0.15) is 5.10 Å². The average molecular weight is 404 g/mol. The van der Waals surface area contributed by atoms with E-state index in [0.29, 0.717) is 11.9 Å². The summed E-state index contributed by atoms with van der Waals surface area (Å²) in [6.45, 7) is 0. The van der Waals surface area contributed by atoms with Gasteiger partial charge in [0.2, 0.25) is 0 Å². The molecule has 154 valence electrons. The highest BCUT2D eigenvalue weighted by molar-refractivity contribution is 5.57. The van der Waals surface area contributed by atoms with Gasteiger partial charge in [0.1, 0.15) is 0 Å². The van der Waals surface area contributed by atoms with E-state index in [1.165, 1.54) is 0 Å². The van der Waals surface area contributed by atoms with E-state index >= 15 is 0 Å². The first-order valence-corrected chi connectivity index (χ1v) is 10.5. The number of hydrogen-bond donors (Lipinski definition) is 1. The summed E-state index contributed by atoms with van der Waals surface area (Å²) >= 11 is 0. The first kappa shape index (κ1) is 18.7. The van der Waals surface area contributed by atoms with Crippen molar-refractivity contribution in [2.75, 3.05) is 5.32 Å². The molecule has 3 aromatic heterocycles. The second kappa shape index (κ2) is 7.85. The van der Waals surface area contributed by atoms with Gasteiger partial charge in [0, 0.05) is 48.5 Å². The summed E-state index contributed by atoms with van der Waals surface area (Å²) < 4.78 is 3.40. The molecule has 0 spiro atoms. The van der Waals surface area contributed by atoms with E-state index < -0.39 is 0 Å². The van der Waals surface area contributed by atoms with Crippen molar-refractivity contribution in [1.29, 1.82) is 0 Å². The summed E-state index contributed by atoms with van der Waals surface area (Å²) in [5.74, 6) is 0.433. The van der Waals surface area contributed by atoms with Crippen LogP contribution in [0.5, 0.6) is 0 Å². The zero-order chi connectivity index (χ0) is 20.5. The number of aromatic nitrogens is 5. The molecule has 5 rings (SSSR count). The molecule has 8 nitrogen and oxygen atoms in total. The monoisotopic (exact) mass is 404 g/mol. The Morgan fingerprint density at radius 3 is 2.33 bits per heavy atom. The SMILES string of the molecule is O=c1c(NC2CCC(n3nc(-c4ccncc4)ccc3=O)CC2)nccn1C1CC1. The standard InChI is InChI=1S/C22H24N6O2/c29-20-8-7-19(15-9-11-23-12-10-15)26-28(20)18-3-1-16(2-4-18)25-21-22(30)27(14-13-24-21)17-5-6-17/h7-14,16-18H,1-6H2,(H,24,25). The lowest BCUT2D eigenvalue weighted by atomic mass is 9.91. The molecular weight excluding hydrogens is 380 g/mol. The number of anilines is 1. The van der Waals surface area contributed by atoms with Gasteiger partial charge in [0.05, 0.1) is 11.7 Å². The van der Waals surface area contributed by atoms with Crippen LogP contribution in [-0.2, 0) is 0 Å². The summed E-state index contributed by atoms with van der Waals surface area (Å²) in [6, 6.07) is 7.69. The van der Waals surface area contributed by atoms with Crippen LogP contribution >= 0.6 is 0 Å². The minimum Gasteiger partial charge on any atom is -0.363 e. The van der Waals surface area contributed by atoms with Crippen LogP contribution in [0.1, 0.15) is 50.6 Å². The van der Waals surface area contributed by atoms with Gasteiger partial charge >= 0.3 is 0 Å². The third-order valence-corrected chi connectivity index (χ3v) is 5.99. The second-order valence-electron chi connectivity index (χ2n) is 8.11. The lowest BCUT2D eigenvalue weighted by molar-refractivity contribution is 0.304. The van der Waals surface area contributed by atoms with Crippen molar-refractivity contribution in [2.24, 2.45) is 0 Å². The Morgan fingerprint density at radius 1 is 0.867 bits per heavy atom. The largest absolute Gasteiger partial charge is 0.363 e. The first-order chi connectivity index (χ1) is 14.7. The Bertz CT molecular complexity index is 1140. The molecule has 2 aliphatic rings. The molecule has 0 saturated heterocycles. The van der Waals surface area contributed by atoms with Crippen LogP contribution in [0.3, 0.4) is 0 Å². The van der Waals surface area contributed by atoms with E-state index in [-0.39, 0.29) is 23.2 Å². The quantitative estimate of drug-likeness (QED) is 0.703. The zero-order valence-electron chi connectivity index (χ0n) is 16.6. The molecule has 0 unspecified atom stereocenters. The Morgan fingerprint density at radius 2 is 1.60 bits per heavy atom. The minimum absolute atomic E-state index is 0.0370. The Hall–Kier alpha value is -3.29. The maximum Gasteiger partial charge on any atom is 0.293 e. The maximum absolute atomic E-state index is 12.6. The van der Waals surface area contributed by atoms with Crippen LogP contribution in [0.15, 0.2) is 58.6 Å².